The summed E-state index contributed by atoms with van der Waals surface area (Å²) in [6, 6.07) is 8.45. The van der Waals surface area contributed by atoms with Gasteiger partial charge in [-0.15, -0.1) is 0 Å². The normalized spacial score (nSPS) is 8.22. The van der Waals surface area contributed by atoms with Gasteiger partial charge in [0.1, 0.15) is 0 Å². The Morgan fingerprint density at radius 1 is 1.11 bits per heavy atom. The van der Waals surface area contributed by atoms with E-state index in [9.17, 15) is 0 Å². The van der Waals surface area contributed by atoms with Gasteiger partial charge in [0.15, 0.2) is 0 Å². The van der Waals surface area contributed by atoms with Crippen molar-refractivity contribution in [2.24, 2.45) is 0 Å². The molecule has 0 aromatic heterocycles. The van der Waals surface area contributed by atoms with E-state index in [-0.39, 0.29) is 31.0 Å². The molecule has 0 saturated heterocycles. The van der Waals surface area contributed by atoms with Gasteiger partial charge in [0.05, 0.1) is 0 Å². The van der Waals surface area contributed by atoms with Crippen molar-refractivity contribution >= 4 is 0 Å². The number of hydrogen-bond acceptors (Lipinski definition) is 0. The zero-order chi connectivity index (χ0) is 5.98. The summed E-state index contributed by atoms with van der Waals surface area (Å²) in [6.07, 6.45) is 0. The molecule has 0 bridgehead atoms. The number of hydrogen-bond donors (Lipinski definition) is 0. The molecule has 0 aliphatic rings. The summed E-state index contributed by atoms with van der Waals surface area (Å²) in [4.78, 5) is 0. The molecule has 0 N–H and O–H groups in total. The van der Waals surface area contributed by atoms with Crippen LogP contribution in [0.1, 0.15) is 12.6 Å². The van der Waals surface area contributed by atoms with E-state index in [1.54, 1.807) is 0 Å². The Kier molecular flexibility index (Phi) is 4.20. The van der Waals surface area contributed by atoms with Gasteiger partial charge in [-0.3, -0.25) is 0 Å². The standard InChI is InChI=1S/C8H10.Na.H/c1-7-4-3-5-8(2)6-7;;/h3-6H,1-2H3;;/q;+1;-1. The monoisotopic (exact) mass is 130 g/mol. The SMILES string of the molecule is Cc1cccc(C)c1.[H-].[Na+]. The second kappa shape index (κ2) is 4.10. The van der Waals surface area contributed by atoms with Crippen LogP contribution in [0.5, 0.6) is 0 Å². The molecular weight excluding hydrogens is 119 g/mol. The fraction of sp³-hybridized carbons (Fsp3) is 0.250. The van der Waals surface area contributed by atoms with Crippen LogP contribution in [-0.4, -0.2) is 0 Å². The number of benzene rings is 1. The zero-order valence-corrected chi connectivity index (χ0v) is 8.31. The minimum Gasteiger partial charge on any atom is -1.00 e. The molecule has 1 heteroatoms. The molecule has 1 aromatic rings. The molecular formula is C8H11Na. The first-order chi connectivity index (χ1) is 3.79. The van der Waals surface area contributed by atoms with Crippen LogP contribution in [-0.2, 0) is 0 Å². The van der Waals surface area contributed by atoms with E-state index in [1.165, 1.54) is 11.1 Å². The predicted octanol–water partition coefficient (Wildman–Crippen LogP) is -0.580. The molecule has 0 aliphatic heterocycles. The molecule has 1 aromatic carbocycles. The van der Waals surface area contributed by atoms with E-state index >= 15 is 0 Å². The summed E-state index contributed by atoms with van der Waals surface area (Å²) in [5.41, 5.74) is 2.68. The maximum atomic E-state index is 2.17. The number of aryl methyl sites for hydroxylation is 2. The third-order valence-electron chi connectivity index (χ3n) is 1.17. The van der Waals surface area contributed by atoms with Crippen molar-refractivity contribution in [3.8, 4) is 0 Å². The van der Waals surface area contributed by atoms with Crippen LogP contribution in [0.15, 0.2) is 24.3 Å². The van der Waals surface area contributed by atoms with Crippen molar-refractivity contribution in [2.45, 2.75) is 13.8 Å². The minimum atomic E-state index is 0. The van der Waals surface area contributed by atoms with Gasteiger partial charge >= 0.3 is 29.6 Å². The van der Waals surface area contributed by atoms with Crippen molar-refractivity contribution in [1.29, 1.82) is 0 Å². The Morgan fingerprint density at radius 2 is 1.56 bits per heavy atom. The van der Waals surface area contributed by atoms with E-state index in [4.69, 9.17) is 0 Å². The minimum absolute atomic E-state index is 0. The zero-order valence-electron chi connectivity index (χ0n) is 7.31. The maximum absolute atomic E-state index is 2.17. The van der Waals surface area contributed by atoms with Crippen molar-refractivity contribution in [1.82, 2.24) is 0 Å². The molecule has 0 saturated carbocycles. The second-order valence-corrected chi connectivity index (χ2v) is 2.16. The van der Waals surface area contributed by atoms with Crippen LogP contribution in [0.25, 0.3) is 0 Å². The summed E-state index contributed by atoms with van der Waals surface area (Å²) in [6.45, 7) is 4.21. The first-order valence-electron chi connectivity index (χ1n) is 2.82. The van der Waals surface area contributed by atoms with Crippen LogP contribution in [0.2, 0.25) is 0 Å². The van der Waals surface area contributed by atoms with Crippen molar-refractivity contribution in [3.63, 3.8) is 0 Å². The molecule has 0 unspecified atom stereocenters. The van der Waals surface area contributed by atoms with Gasteiger partial charge in [-0.2, -0.15) is 0 Å². The molecule has 0 heterocycles. The summed E-state index contributed by atoms with van der Waals surface area (Å²) >= 11 is 0. The van der Waals surface area contributed by atoms with Gasteiger partial charge in [-0.25, -0.2) is 0 Å². The van der Waals surface area contributed by atoms with Crippen molar-refractivity contribution < 1.29 is 31.0 Å². The van der Waals surface area contributed by atoms with Gasteiger partial charge in [-0.05, 0) is 13.8 Å². The first-order valence-corrected chi connectivity index (χ1v) is 2.82. The Labute approximate surface area is 80.1 Å². The Morgan fingerprint density at radius 3 is 1.78 bits per heavy atom. The average molecular weight is 130 g/mol. The molecule has 0 radical (unpaired) electrons. The van der Waals surface area contributed by atoms with E-state index in [0.29, 0.717) is 0 Å². The van der Waals surface area contributed by atoms with E-state index < -0.39 is 0 Å². The van der Waals surface area contributed by atoms with Crippen molar-refractivity contribution in [3.05, 3.63) is 35.4 Å². The Balaban J connectivity index is 0. The average Bonchev–Trinajstić information content (AvgIpc) is 1.64. The Hall–Kier alpha value is 0.220. The predicted molar refractivity (Wildman–Crippen MR) is 37.0 cm³/mol. The maximum Gasteiger partial charge on any atom is 1.00 e. The quantitative estimate of drug-likeness (QED) is 0.412. The molecule has 44 valence electrons. The summed E-state index contributed by atoms with van der Waals surface area (Å²) in [5, 5.41) is 0. The fourth-order valence-electron chi connectivity index (χ4n) is 0.807. The van der Waals surface area contributed by atoms with Gasteiger partial charge in [0.25, 0.3) is 0 Å². The van der Waals surface area contributed by atoms with Gasteiger partial charge in [0.2, 0.25) is 0 Å². The second-order valence-electron chi connectivity index (χ2n) is 2.16. The molecule has 0 spiro atoms. The first kappa shape index (κ1) is 9.22. The van der Waals surface area contributed by atoms with Gasteiger partial charge in [0, 0.05) is 0 Å². The molecule has 0 nitrogen and oxygen atoms in total. The van der Waals surface area contributed by atoms with Crippen LogP contribution in [0, 0.1) is 13.8 Å². The fourth-order valence-corrected chi connectivity index (χ4v) is 0.807. The summed E-state index contributed by atoms with van der Waals surface area (Å²) < 4.78 is 0. The molecule has 1 rings (SSSR count). The summed E-state index contributed by atoms with van der Waals surface area (Å²) in [7, 11) is 0. The smallest absolute Gasteiger partial charge is 1.00 e. The topological polar surface area (TPSA) is 0 Å². The molecule has 0 amide bonds. The van der Waals surface area contributed by atoms with Crippen LogP contribution in [0.3, 0.4) is 0 Å². The van der Waals surface area contributed by atoms with Gasteiger partial charge < -0.3 is 1.43 Å². The Bertz CT molecular complexity index is 169. The van der Waals surface area contributed by atoms with Crippen LogP contribution < -0.4 is 29.6 Å². The molecule has 0 atom stereocenters. The van der Waals surface area contributed by atoms with Crippen LogP contribution >= 0.6 is 0 Å². The third-order valence-corrected chi connectivity index (χ3v) is 1.17. The van der Waals surface area contributed by atoms with Crippen molar-refractivity contribution in [2.75, 3.05) is 0 Å². The molecule has 0 fully saturated rings. The van der Waals surface area contributed by atoms with E-state index in [2.05, 4.69) is 38.1 Å². The number of rotatable bonds is 0. The molecule has 9 heavy (non-hydrogen) atoms. The largest absolute Gasteiger partial charge is 1.00 e. The summed E-state index contributed by atoms with van der Waals surface area (Å²) in [5.74, 6) is 0. The van der Waals surface area contributed by atoms with Gasteiger partial charge in [-0.1, -0.05) is 35.4 Å². The van der Waals surface area contributed by atoms with Crippen LogP contribution in [0.4, 0.5) is 0 Å². The van der Waals surface area contributed by atoms with E-state index in [1.807, 2.05) is 0 Å². The third kappa shape index (κ3) is 3.04. The van der Waals surface area contributed by atoms with E-state index in [0.717, 1.165) is 0 Å². The molecule has 0 aliphatic carbocycles.